The lowest BCUT2D eigenvalue weighted by molar-refractivity contribution is -0.127. The van der Waals surface area contributed by atoms with Crippen molar-refractivity contribution in [1.82, 2.24) is 10.2 Å². The summed E-state index contributed by atoms with van der Waals surface area (Å²) in [5.41, 5.74) is 4.84. The second-order valence-corrected chi connectivity index (χ2v) is 9.07. The van der Waals surface area contributed by atoms with Gasteiger partial charge < -0.3 is 5.32 Å². The number of benzene rings is 2. The van der Waals surface area contributed by atoms with Crippen LogP contribution >= 0.6 is 11.6 Å². The molecule has 2 aromatic carbocycles. The summed E-state index contributed by atoms with van der Waals surface area (Å²) < 4.78 is 0. The second kappa shape index (κ2) is 9.32. The van der Waals surface area contributed by atoms with E-state index in [4.69, 9.17) is 11.6 Å². The number of nitrogens with zero attached hydrogens (tertiary/aromatic N) is 1. The highest BCUT2D eigenvalue weighted by Gasteiger charge is 2.27. The van der Waals surface area contributed by atoms with Gasteiger partial charge in [0.25, 0.3) is 0 Å². The number of piperidine rings is 1. The summed E-state index contributed by atoms with van der Waals surface area (Å²) in [6.45, 7) is 4.90. The van der Waals surface area contributed by atoms with E-state index in [-0.39, 0.29) is 11.8 Å². The van der Waals surface area contributed by atoms with Gasteiger partial charge in [-0.1, -0.05) is 60.8 Å². The molecule has 1 heterocycles. The molecule has 3 nitrogen and oxygen atoms in total. The van der Waals surface area contributed by atoms with Crippen molar-refractivity contribution >= 4 is 17.5 Å². The van der Waals surface area contributed by atoms with Crippen molar-refractivity contribution in [2.45, 2.75) is 58.0 Å². The fourth-order valence-corrected chi connectivity index (χ4v) is 4.86. The van der Waals surface area contributed by atoms with E-state index in [1.54, 1.807) is 0 Å². The molecule has 1 aliphatic carbocycles. The molecule has 0 aromatic heterocycles. The van der Waals surface area contributed by atoms with Gasteiger partial charge in [-0.25, -0.2) is 0 Å². The van der Waals surface area contributed by atoms with Crippen LogP contribution in [0.5, 0.6) is 0 Å². The van der Waals surface area contributed by atoms with Crippen molar-refractivity contribution in [3.8, 4) is 11.1 Å². The molecule has 0 radical (unpaired) electrons. The van der Waals surface area contributed by atoms with Gasteiger partial charge in [0.05, 0.1) is 0 Å². The van der Waals surface area contributed by atoms with Crippen LogP contribution < -0.4 is 5.32 Å². The summed E-state index contributed by atoms with van der Waals surface area (Å²) >= 11 is 6.37. The molecule has 4 rings (SSSR count). The molecule has 2 aromatic rings. The van der Waals surface area contributed by atoms with Crippen LogP contribution in [0.4, 0.5) is 0 Å². The van der Waals surface area contributed by atoms with Gasteiger partial charge in [0, 0.05) is 23.5 Å². The predicted molar refractivity (Wildman–Crippen MR) is 120 cm³/mol. The van der Waals surface area contributed by atoms with Crippen LogP contribution in [0.25, 0.3) is 11.1 Å². The van der Waals surface area contributed by atoms with Crippen LogP contribution in [0.2, 0.25) is 5.02 Å². The van der Waals surface area contributed by atoms with E-state index in [0.717, 1.165) is 55.9 Å². The Bertz CT molecular complexity index is 852. The van der Waals surface area contributed by atoms with E-state index in [2.05, 4.69) is 52.7 Å². The quantitative estimate of drug-likeness (QED) is 0.697. The number of nitrogens with one attached hydrogen (secondary N) is 1. The van der Waals surface area contributed by atoms with Crippen LogP contribution in [0.1, 0.15) is 49.7 Å². The minimum absolute atomic E-state index is 0.179. The van der Waals surface area contributed by atoms with Gasteiger partial charge in [0.1, 0.15) is 0 Å². The topological polar surface area (TPSA) is 32.3 Å². The molecule has 0 bridgehead atoms. The maximum atomic E-state index is 12.6. The Morgan fingerprint density at radius 3 is 2.52 bits per heavy atom. The lowest BCUT2D eigenvalue weighted by atomic mass is 9.94. The summed E-state index contributed by atoms with van der Waals surface area (Å²) in [7, 11) is 0. The number of rotatable bonds is 5. The Balaban J connectivity index is 1.37. The average Bonchev–Trinajstić information content (AvgIpc) is 3.24. The van der Waals surface area contributed by atoms with Crippen molar-refractivity contribution in [3.05, 3.63) is 58.6 Å². The number of aryl methyl sites for hydroxylation is 1. The zero-order valence-electron chi connectivity index (χ0n) is 17.3. The van der Waals surface area contributed by atoms with Crippen molar-refractivity contribution < 1.29 is 4.79 Å². The molecule has 1 N–H and O–H groups in total. The minimum atomic E-state index is 0.179. The Kier molecular flexibility index (Phi) is 6.56. The monoisotopic (exact) mass is 410 g/mol. The SMILES string of the molecule is Cc1ccc(-c2ccccc2CN2CCC(C(=O)NC3CCCC3)CC2)cc1Cl. The summed E-state index contributed by atoms with van der Waals surface area (Å²) in [5.74, 6) is 0.462. The number of carbonyl (C=O) groups excluding carboxylic acids is 1. The Hall–Kier alpha value is -1.84. The van der Waals surface area contributed by atoms with E-state index in [9.17, 15) is 4.79 Å². The summed E-state index contributed by atoms with van der Waals surface area (Å²) in [6, 6.07) is 15.3. The van der Waals surface area contributed by atoms with Gasteiger partial charge in [-0.05, 0) is 74.0 Å². The lowest BCUT2D eigenvalue weighted by Gasteiger charge is -2.32. The van der Waals surface area contributed by atoms with Crippen LogP contribution in [-0.2, 0) is 11.3 Å². The first-order chi connectivity index (χ1) is 14.1. The standard InChI is InChI=1S/C25H31ClN2O/c1-18-10-11-20(16-24(18)26)23-9-5-2-6-21(23)17-28-14-12-19(13-15-28)25(29)27-22-7-3-4-8-22/h2,5-6,9-11,16,19,22H,3-4,7-8,12-15,17H2,1H3,(H,27,29). The number of halogens is 1. The molecule has 4 heteroatoms. The molecule has 1 amide bonds. The van der Waals surface area contributed by atoms with Crippen LogP contribution in [0.3, 0.4) is 0 Å². The fraction of sp³-hybridized carbons (Fsp3) is 0.480. The first-order valence-corrected chi connectivity index (χ1v) is 11.3. The van der Waals surface area contributed by atoms with Crippen molar-refractivity contribution in [1.29, 1.82) is 0 Å². The molecular weight excluding hydrogens is 380 g/mol. The molecule has 2 fully saturated rings. The summed E-state index contributed by atoms with van der Waals surface area (Å²) in [6.07, 6.45) is 6.74. The van der Waals surface area contributed by atoms with Crippen molar-refractivity contribution in [2.75, 3.05) is 13.1 Å². The largest absolute Gasteiger partial charge is 0.353 e. The van der Waals surface area contributed by atoms with Gasteiger partial charge in [-0.2, -0.15) is 0 Å². The Labute approximate surface area is 179 Å². The first-order valence-electron chi connectivity index (χ1n) is 11.0. The number of likely N-dealkylation sites (tertiary alicyclic amines) is 1. The fourth-order valence-electron chi connectivity index (χ4n) is 4.68. The third-order valence-corrected chi connectivity index (χ3v) is 6.96. The molecule has 1 saturated carbocycles. The molecule has 154 valence electrons. The average molecular weight is 411 g/mol. The third kappa shape index (κ3) is 5.02. The van der Waals surface area contributed by atoms with Crippen LogP contribution in [0, 0.1) is 12.8 Å². The smallest absolute Gasteiger partial charge is 0.223 e. The number of carbonyl (C=O) groups is 1. The maximum Gasteiger partial charge on any atom is 0.223 e. The summed E-state index contributed by atoms with van der Waals surface area (Å²) in [5, 5.41) is 4.10. The maximum absolute atomic E-state index is 12.6. The molecule has 1 saturated heterocycles. The number of hydrogen-bond acceptors (Lipinski definition) is 2. The van der Waals surface area contributed by atoms with E-state index in [0.29, 0.717) is 6.04 Å². The molecule has 0 unspecified atom stereocenters. The molecular formula is C25H31ClN2O. The molecule has 0 atom stereocenters. The number of amides is 1. The van der Waals surface area contributed by atoms with Gasteiger partial charge in [0.2, 0.25) is 5.91 Å². The number of hydrogen-bond donors (Lipinski definition) is 1. The third-order valence-electron chi connectivity index (χ3n) is 6.55. The summed E-state index contributed by atoms with van der Waals surface area (Å²) in [4.78, 5) is 15.1. The van der Waals surface area contributed by atoms with Crippen molar-refractivity contribution in [2.24, 2.45) is 5.92 Å². The van der Waals surface area contributed by atoms with Gasteiger partial charge >= 0.3 is 0 Å². The second-order valence-electron chi connectivity index (χ2n) is 8.66. The van der Waals surface area contributed by atoms with Gasteiger partial charge in [0.15, 0.2) is 0 Å². The normalized spacial score (nSPS) is 18.8. The zero-order chi connectivity index (χ0) is 20.2. The highest BCUT2D eigenvalue weighted by Crippen LogP contribution is 2.30. The van der Waals surface area contributed by atoms with E-state index < -0.39 is 0 Å². The molecule has 1 aliphatic heterocycles. The predicted octanol–water partition coefficient (Wildman–Crippen LogP) is 5.59. The first kappa shape index (κ1) is 20.4. The van der Waals surface area contributed by atoms with Crippen molar-refractivity contribution in [3.63, 3.8) is 0 Å². The minimum Gasteiger partial charge on any atom is -0.353 e. The van der Waals surface area contributed by atoms with E-state index in [1.807, 2.05) is 6.92 Å². The Morgan fingerprint density at radius 1 is 1.07 bits per heavy atom. The van der Waals surface area contributed by atoms with Gasteiger partial charge in [-0.3, -0.25) is 9.69 Å². The van der Waals surface area contributed by atoms with Gasteiger partial charge in [-0.15, -0.1) is 0 Å². The van der Waals surface area contributed by atoms with Crippen LogP contribution in [0.15, 0.2) is 42.5 Å². The highest BCUT2D eigenvalue weighted by atomic mass is 35.5. The highest BCUT2D eigenvalue weighted by molar-refractivity contribution is 6.31. The molecule has 2 aliphatic rings. The Morgan fingerprint density at radius 2 is 1.79 bits per heavy atom. The molecule has 29 heavy (non-hydrogen) atoms. The van der Waals surface area contributed by atoms with Crippen LogP contribution in [-0.4, -0.2) is 29.9 Å². The molecule has 0 spiro atoms. The van der Waals surface area contributed by atoms with E-state index in [1.165, 1.54) is 29.5 Å². The lowest BCUT2D eigenvalue weighted by Crippen LogP contribution is -2.43. The zero-order valence-corrected chi connectivity index (χ0v) is 18.0. The van der Waals surface area contributed by atoms with E-state index >= 15 is 0 Å².